The fourth-order valence-electron chi connectivity index (χ4n) is 1.25. The van der Waals surface area contributed by atoms with E-state index >= 15 is 0 Å². The van der Waals surface area contributed by atoms with Crippen molar-refractivity contribution in [2.45, 2.75) is 12.0 Å². The maximum absolute atomic E-state index is 10.9. The number of hydrogen-bond donors (Lipinski definition) is 1. The van der Waals surface area contributed by atoms with Crippen LogP contribution in [0, 0.1) is 11.3 Å². The summed E-state index contributed by atoms with van der Waals surface area (Å²) in [6.07, 6.45) is 0.0379. The Morgan fingerprint density at radius 1 is 1.53 bits per heavy atom. The van der Waals surface area contributed by atoms with Gasteiger partial charge in [-0.05, 0) is 5.56 Å². The van der Waals surface area contributed by atoms with Crippen molar-refractivity contribution in [3.63, 3.8) is 0 Å². The van der Waals surface area contributed by atoms with E-state index in [0.29, 0.717) is 0 Å². The summed E-state index contributed by atoms with van der Waals surface area (Å²) < 4.78 is 4.79. The zero-order valence-electron chi connectivity index (χ0n) is 8.30. The smallest absolute Gasteiger partial charge is 0.351 e. The van der Waals surface area contributed by atoms with Crippen LogP contribution in [0.3, 0.4) is 0 Å². The van der Waals surface area contributed by atoms with Crippen LogP contribution in [0.25, 0.3) is 0 Å². The molecule has 4 heteroatoms. The molecule has 78 valence electrons. The highest BCUT2D eigenvalue weighted by Crippen LogP contribution is 2.16. The second-order valence-electron chi connectivity index (χ2n) is 3.11. The van der Waals surface area contributed by atoms with Crippen LogP contribution in [-0.2, 0) is 16.0 Å². The summed E-state index contributed by atoms with van der Waals surface area (Å²) in [5, 5.41) is 17.8. The van der Waals surface area contributed by atoms with Gasteiger partial charge in [-0.1, -0.05) is 30.3 Å². The Hall–Kier alpha value is -1.86. The lowest BCUT2D eigenvalue weighted by atomic mass is 9.96. The van der Waals surface area contributed by atoms with Gasteiger partial charge in [0.1, 0.15) is 6.07 Å². The monoisotopic (exact) mass is 205 g/mol. The molecule has 0 aromatic heterocycles. The quantitative estimate of drug-likeness (QED) is 0.802. The number of carbonyl (C=O) groups is 1. The predicted octanol–water partition coefficient (Wildman–Crippen LogP) is 1.22. The lowest BCUT2D eigenvalue weighted by Gasteiger charge is -2.19. The van der Waals surface area contributed by atoms with Crippen LogP contribution in [0.4, 0.5) is 0 Å². The third-order valence-corrected chi connectivity index (χ3v) is 2.17. The van der Waals surface area contributed by atoms with Crippen LogP contribution in [0.1, 0.15) is 5.56 Å². The number of hydrogen-bond acceptors (Lipinski definition) is 3. The molecule has 0 bridgehead atoms. The molecular weight excluding hydrogens is 194 g/mol. The van der Waals surface area contributed by atoms with Gasteiger partial charge in [0.2, 0.25) is 0 Å². The molecule has 0 aliphatic heterocycles. The summed E-state index contributed by atoms with van der Waals surface area (Å²) in [4.78, 5) is 10.9. The second kappa shape index (κ2) is 4.58. The van der Waals surface area contributed by atoms with Gasteiger partial charge in [0.05, 0.1) is 0 Å². The number of aliphatic carboxylic acids is 1. The van der Waals surface area contributed by atoms with Gasteiger partial charge in [-0.25, -0.2) is 4.79 Å². The molecule has 0 fully saturated rings. The number of ether oxygens (including phenoxy) is 1. The van der Waals surface area contributed by atoms with Crippen molar-refractivity contribution in [3.8, 4) is 6.07 Å². The molecule has 1 aromatic carbocycles. The highest BCUT2D eigenvalue weighted by atomic mass is 16.5. The lowest BCUT2D eigenvalue weighted by molar-refractivity contribution is -0.155. The summed E-state index contributed by atoms with van der Waals surface area (Å²) in [7, 11) is 1.22. The summed E-state index contributed by atoms with van der Waals surface area (Å²) in [5.41, 5.74) is -1.04. The molecular formula is C11H11NO3. The van der Waals surface area contributed by atoms with E-state index in [0.717, 1.165) is 5.56 Å². The summed E-state index contributed by atoms with van der Waals surface area (Å²) in [6.45, 7) is 0. The Kier molecular flexibility index (Phi) is 3.42. The van der Waals surface area contributed by atoms with E-state index < -0.39 is 11.6 Å². The first kappa shape index (κ1) is 11.2. The van der Waals surface area contributed by atoms with Gasteiger partial charge in [-0.3, -0.25) is 0 Å². The van der Waals surface area contributed by atoms with Crippen molar-refractivity contribution in [1.82, 2.24) is 0 Å². The van der Waals surface area contributed by atoms with Crippen LogP contribution in [0.2, 0.25) is 0 Å². The van der Waals surface area contributed by atoms with E-state index in [1.54, 1.807) is 30.3 Å². The Labute approximate surface area is 87.7 Å². The number of carboxylic acid groups (broad SMARTS) is 1. The highest BCUT2D eigenvalue weighted by Gasteiger charge is 2.39. The number of carboxylic acids is 1. The number of nitriles is 1. The molecule has 0 aliphatic rings. The predicted molar refractivity (Wildman–Crippen MR) is 53.1 cm³/mol. The summed E-state index contributed by atoms with van der Waals surface area (Å²) in [5.74, 6) is -1.27. The highest BCUT2D eigenvalue weighted by molar-refractivity contribution is 5.81. The molecule has 1 atom stereocenters. The van der Waals surface area contributed by atoms with Crippen molar-refractivity contribution >= 4 is 5.97 Å². The molecule has 0 amide bonds. The fourth-order valence-corrected chi connectivity index (χ4v) is 1.25. The first-order valence-corrected chi connectivity index (χ1v) is 4.38. The number of nitrogens with zero attached hydrogens (tertiary/aromatic N) is 1. The number of benzene rings is 1. The van der Waals surface area contributed by atoms with Crippen LogP contribution in [0.15, 0.2) is 30.3 Å². The maximum atomic E-state index is 10.9. The van der Waals surface area contributed by atoms with Gasteiger partial charge in [-0.15, -0.1) is 0 Å². The van der Waals surface area contributed by atoms with Crippen molar-refractivity contribution in [2.24, 2.45) is 0 Å². The largest absolute Gasteiger partial charge is 0.478 e. The Balaban J connectivity index is 2.96. The fraction of sp³-hybridized carbons (Fsp3) is 0.273. The van der Waals surface area contributed by atoms with Crippen molar-refractivity contribution in [1.29, 1.82) is 5.26 Å². The van der Waals surface area contributed by atoms with Gasteiger partial charge >= 0.3 is 5.97 Å². The first-order valence-electron chi connectivity index (χ1n) is 4.38. The minimum atomic E-state index is -1.79. The zero-order valence-corrected chi connectivity index (χ0v) is 8.30. The molecule has 1 unspecified atom stereocenters. The minimum Gasteiger partial charge on any atom is -0.478 e. The van der Waals surface area contributed by atoms with E-state index in [1.807, 2.05) is 6.07 Å². The van der Waals surface area contributed by atoms with Crippen LogP contribution in [-0.4, -0.2) is 23.8 Å². The first-order chi connectivity index (χ1) is 7.14. The number of methoxy groups -OCH3 is 1. The van der Waals surface area contributed by atoms with Gasteiger partial charge in [0.25, 0.3) is 5.60 Å². The third kappa shape index (κ3) is 2.33. The Morgan fingerprint density at radius 2 is 2.13 bits per heavy atom. The van der Waals surface area contributed by atoms with Gasteiger partial charge in [-0.2, -0.15) is 5.26 Å². The third-order valence-electron chi connectivity index (χ3n) is 2.17. The molecule has 1 aromatic rings. The average molecular weight is 205 g/mol. The molecule has 0 aliphatic carbocycles. The topological polar surface area (TPSA) is 70.3 Å². The molecule has 0 heterocycles. The molecule has 0 spiro atoms. The van der Waals surface area contributed by atoms with Crippen molar-refractivity contribution in [3.05, 3.63) is 35.9 Å². The Morgan fingerprint density at radius 3 is 2.53 bits per heavy atom. The molecule has 4 nitrogen and oxygen atoms in total. The van der Waals surface area contributed by atoms with E-state index in [4.69, 9.17) is 15.1 Å². The molecule has 15 heavy (non-hydrogen) atoms. The standard InChI is InChI=1S/C11H11NO3/c1-15-11(8-12,10(13)14)7-9-5-3-2-4-6-9/h2-6H,7H2,1H3,(H,13,14). The minimum absolute atomic E-state index is 0.0379. The number of rotatable bonds is 4. The molecule has 0 saturated heterocycles. The van der Waals surface area contributed by atoms with E-state index in [2.05, 4.69) is 0 Å². The summed E-state index contributed by atoms with van der Waals surface area (Å²) in [6, 6.07) is 10.6. The van der Waals surface area contributed by atoms with Crippen LogP contribution < -0.4 is 0 Å². The van der Waals surface area contributed by atoms with Crippen molar-refractivity contribution in [2.75, 3.05) is 7.11 Å². The normalized spacial score (nSPS) is 13.9. The van der Waals surface area contributed by atoms with E-state index in [9.17, 15) is 4.79 Å². The Bertz CT molecular complexity index is 383. The molecule has 0 radical (unpaired) electrons. The van der Waals surface area contributed by atoms with Gasteiger partial charge in [0.15, 0.2) is 0 Å². The van der Waals surface area contributed by atoms with Crippen molar-refractivity contribution < 1.29 is 14.6 Å². The average Bonchev–Trinajstić information content (AvgIpc) is 2.27. The van der Waals surface area contributed by atoms with Crippen LogP contribution >= 0.6 is 0 Å². The lowest BCUT2D eigenvalue weighted by Crippen LogP contribution is -2.41. The zero-order chi connectivity index (χ0) is 11.3. The van der Waals surface area contributed by atoms with Gasteiger partial charge in [0, 0.05) is 13.5 Å². The summed E-state index contributed by atoms with van der Waals surface area (Å²) >= 11 is 0. The maximum Gasteiger partial charge on any atom is 0.351 e. The SMILES string of the molecule is COC(C#N)(Cc1ccccc1)C(=O)O. The van der Waals surface area contributed by atoms with E-state index in [1.165, 1.54) is 7.11 Å². The van der Waals surface area contributed by atoms with Crippen LogP contribution in [0.5, 0.6) is 0 Å². The van der Waals surface area contributed by atoms with Gasteiger partial charge < -0.3 is 9.84 Å². The molecule has 1 N–H and O–H groups in total. The second-order valence-corrected chi connectivity index (χ2v) is 3.11. The molecule has 0 saturated carbocycles. The van der Waals surface area contributed by atoms with E-state index in [-0.39, 0.29) is 6.42 Å². The molecule has 1 rings (SSSR count).